The van der Waals surface area contributed by atoms with Crippen LogP contribution in [0.3, 0.4) is 0 Å². The summed E-state index contributed by atoms with van der Waals surface area (Å²) in [5, 5.41) is 3.07. The van der Waals surface area contributed by atoms with E-state index in [2.05, 4.69) is 22.7 Å². The van der Waals surface area contributed by atoms with E-state index in [1.54, 1.807) is 0 Å². The van der Waals surface area contributed by atoms with Crippen LogP contribution in [0, 0.1) is 4.91 Å². The lowest BCUT2D eigenvalue weighted by atomic mass is 9.69. The first kappa shape index (κ1) is 19.3. The summed E-state index contributed by atoms with van der Waals surface area (Å²) in [7, 11) is 3.01. The number of carbonyl (C=O) groups excluding carboxylic acids is 2. The van der Waals surface area contributed by atoms with E-state index in [0.29, 0.717) is 17.0 Å². The van der Waals surface area contributed by atoms with Crippen LogP contribution in [0.4, 0.5) is 0 Å². The van der Waals surface area contributed by atoms with E-state index in [0.717, 1.165) is 7.11 Å². The highest BCUT2D eigenvalue weighted by molar-refractivity contribution is 7.74. The van der Waals surface area contributed by atoms with Gasteiger partial charge in [0.2, 0.25) is 5.54 Å². The van der Waals surface area contributed by atoms with Crippen molar-refractivity contribution in [2.45, 2.75) is 30.8 Å². The van der Waals surface area contributed by atoms with E-state index < -0.39 is 22.8 Å². The fourth-order valence-electron chi connectivity index (χ4n) is 2.47. The molecule has 0 aromatic carbocycles. The third-order valence-corrected chi connectivity index (χ3v) is 4.39. The molecule has 116 valence electrons. The van der Waals surface area contributed by atoms with Gasteiger partial charge in [-0.3, -0.25) is 8.68 Å². The normalized spacial score (nSPS) is 32.5. The van der Waals surface area contributed by atoms with Gasteiger partial charge in [-0.1, -0.05) is 5.18 Å². The van der Waals surface area contributed by atoms with E-state index in [1.165, 1.54) is 6.92 Å². The van der Waals surface area contributed by atoms with Crippen LogP contribution in [0.1, 0.15) is 19.8 Å². The van der Waals surface area contributed by atoms with Gasteiger partial charge < -0.3 is 22.9 Å². The van der Waals surface area contributed by atoms with Gasteiger partial charge in [-0.15, -0.1) is 0 Å². The predicted octanol–water partition coefficient (Wildman–Crippen LogP) is -2.96. The van der Waals surface area contributed by atoms with Gasteiger partial charge in [-0.05, 0) is 6.92 Å². The number of rotatable bonds is 4. The number of thiol groups is 1. The second-order valence-electron chi connectivity index (χ2n) is 5.26. The molecule has 7 nitrogen and oxygen atoms in total. The molecule has 20 heavy (non-hydrogen) atoms. The number of Topliss-reactive ketones (excluding diaryl/α,β-unsaturated/α-hetero) is 1. The minimum absolute atomic E-state index is 0. The van der Waals surface area contributed by atoms with Gasteiger partial charge in [0, 0.05) is 12.8 Å². The van der Waals surface area contributed by atoms with Gasteiger partial charge >= 0.3 is 5.97 Å². The topological polar surface area (TPSA) is 98.8 Å². The lowest BCUT2D eigenvalue weighted by Gasteiger charge is -2.45. The summed E-state index contributed by atoms with van der Waals surface area (Å²) in [6.07, 6.45) is 0.420. The molecule has 0 radical (unpaired) electrons. The Bertz CT molecular complexity index is 408. The average molecular weight is 326 g/mol. The Balaban J connectivity index is 0.00000361. The zero-order valence-electron chi connectivity index (χ0n) is 11.8. The lowest BCUT2D eigenvalue weighted by molar-refractivity contribution is -0.778. The van der Waals surface area contributed by atoms with E-state index in [4.69, 9.17) is 5.73 Å². The predicted molar refractivity (Wildman–Crippen MR) is 72.3 cm³/mol. The number of piperidine rings is 1. The van der Waals surface area contributed by atoms with Crippen LogP contribution in [-0.4, -0.2) is 54.0 Å². The Morgan fingerprint density at radius 1 is 1.40 bits per heavy atom. The van der Waals surface area contributed by atoms with Crippen molar-refractivity contribution in [3.8, 4) is 0 Å². The quantitative estimate of drug-likeness (QED) is 0.189. The summed E-state index contributed by atoms with van der Waals surface area (Å²) in [5.74, 6) is -1.54. The number of ketones is 1. The molecular weight excluding hydrogens is 306 g/mol. The summed E-state index contributed by atoms with van der Waals surface area (Å²) < 4.78 is 5.00. The largest absolute Gasteiger partial charge is 1.00 e. The number of ether oxygens (including phenoxy) is 1. The maximum atomic E-state index is 11.9. The molecule has 2 N–H and O–H groups in total. The summed E-state index contributed by atoms with van der Waals surface area (Å²) in [4.78, 5) is 35.1. The van der Waals surface area contributed by atoms with Crippen molar-refractivity contribution in [3.05, 3.63) is 4.91 Å². The third kappa shape index (κ3) is 2.98. The van der Waals surface area contributed by atoms with Crippen LogP contribution >= 0.6 is 12.8 Å². The van der Waals surface area contributed by atoms with Crippen LogP contribution in [0.25, 0.3) is 0 Å². The molecule has 1 saturated heterocycles. The molecule has 0 aliphatic carbocycles. The average Bonchev–Trinajstić information content (AvgIpc) is 2.37. The molecular formula is C11H20ClN3O4S. The van der Waals surface area contributed by atoms with Crippen LogP contribution in [0.5, 0.6) is 0 Å². The van der Waals surface area contributed by atoms with Crippen molar-refractivity contribution < 1.29 is 30.6 Å². The summed E-state index contributed by atoms with van der Waals surface area (Å²) >= 11 is 4.41. The number of hydrogen-bond donors (Lipinski definition) is 2. The van der Waals surface area contributed by atoms with Crippen molar-refractivity contribution in [2.75, 3.05) is 27.2 Å². The zero-order chi connectivity index (χ0) is 14.9. The Kier molecular flexibility index (Phi) is 6.16. The molecule has 0 amide bonds. The first-order chi connectivity index (χ1) is 8.65. The van der Waals surface area contributed by atoms with Gasteiger partial charge in [0.05, 0.1) is 40.1 Å². The summed E-state index contributed by atoms with van der Waals surface area (Å²) in [6, 6.07) is 0. The van der Waals surface area contributed by atoms with Crippen LogP contribution in [-0.2, 0) is 14.3 Å². The Morgan fingerprint density at radius 2 is 1.85 bits per heavy atom. The maximum absolute atomic E-state index is 11.9. The van der Waals surface area contributed by atoms with E-state index in [9.17, 15) is 14.5 Å². The molecule has 1 unspecified atom stereocenters. The monoisotopic (exact) mass is 325 g/mol. The Labute approximate surface area is 129 Å². The molecule has 0 saturated carbocycles. The molecule has 1 aliphatic rings. The first-order valence-electron chi connectivity index (χ1n) is 5.95. The minimum Gasteiger partial charge on any atom is -1.00 e. The zero-order valence-corrected chi connectivity index (χ0v) is 13.4. The minimum atomic E-state index is -2.03. The van der Waals surface area contributed by atoms with Crippen molar-refractivity contribution in [3.63, 3.8) is 0 Å². The van der Waals surface area contributed by atoms with Crippen LogP contribution in [0.15, 0.2) is 5.18 Å². The molecule has 0 bridgehead atoms. The number of likely N-dealkylation sites (tertiary alicyclic amines) is 1. The van der Waals surface area contributed by atoms with E-state index in [1.807, 2.05) is 7.05 Å². The number of hydrogen-bond acceptors (Lipinski definition) is 7. The number of carbonyl (C=O) groups is 2. The van der Waals surface area contributed by atoms with Gasteiger partial charge in [0.1, 0.15) is 5.54 Å². The highest BCUT2D eigenvalue weighted by Gasteiger charge is 2.62. The van der Waals surface area contributed by atoms with Crippen LogP contribution in [0.2, 0.25) is 0 Å². The van der Waals surface area contributed by atoms with Crippen molar-refractivity contribution in [1.29, 1.82) is 0 Å². The second kappa shape index (κ2) is 6.38. The van der Waals surface area contributed by atoms with Crippen molar-refractivity contribution in [2.24, 2.45) is 10.9 Å². The van der Waals surface area contributed by atoms with Gasteiger partial charge in [-0.2, -0.15) is 4.91 Å². The standard InChI is InChI=1S/C11H20N3O4S.ClH/c1-8(15)11(12,9(16)18-3)10(13-17)4-6-14(2,19)7-5-10;/h19H,4-7,12H2,1-3H3;1H/q+1;/p-1. The van der Waals surface area contributed by atoms with Gasteiger partial charge in [0.15, 0.2) is 5.78 Å². The molecule has 1 aliphatic heterocycles. The number of halogens is 1. The number of nitrogens with zero attached hydrogens (tertiary/aromatic N) is 2. The second-order valence-corrected chi connectivity index (χ2v) is 6.23. The third-order valence-electron chi connectivity index (χ3n) is 3.99. The lowest BCUT2D eigenvalue weighted by Crippen LogP contribution is -3.00. The molecule has 1 rings (SSSR count). The summed E-state index contributed by atoms with van der Waals surface area (Å²) in [5.41, 5.74) is 2.46. The molecule has 0 aromatic heterocycles. The van der Waals surface area contributed by atoms with E-state index in [-0.39, 0.29) is 25.2 Å². The fourth-order valence-corrected chi connectivity index (χ4v) is 2.67. The van der Waals surface area contributed by atoms with Gasteiger partial charge in [0.25, 0.3) is 0 Å². The number of esters is 1. The molecule has 0 aromatic rings. The molecule has 0 spiro atoms. The smallest absolute Gasteiger partial charge is 0.336 e. The Morgan fingerprint density at radius 3 is 2.15 bits per heavy atom. The molecule has 1 fully saturated rings. The molecule has 9 heteroatoms. The highest BCUT2D eigenvalue weighted by atomic mass is 35.5. The number of methoxy groups -OCH3 is 1. The number of quaternary nitrogens is 1. The van der Waals surface area contributed by atoms with Crippen molar-refractivity contribution >= 4 is 24.6 Å². The van der Waals surface area contributed by atoms with Crippen molar-refractivity contribution in [1.82, 2.24) is 0 Å². The summed E-state index contributed by atoms with van der Waals surface area (Å²) in [6.45, 7) is 2.14. The van der Waals surface area contributed by atoms with Crippen LogP contribution < -0.4 is 18.1 Å². The fraction of sp³-hybridized carbons (Fsp3) is 0.818. The SMILES string of the molecule is COC(=O)C(N)(C(C)=O)C1(N=O)CC[N+](C)(S)CC1.[Cl-]. The van der Waals surface area contributed by atoms with E-state index >= 15 is 0 Å². The first-order valence-corrected chi connectivity index (χ1v) is 6.35. The maximum Gasteiger partial charge on any atom is 0.336 e. The van der Waals surface area contributed by atoms with Gasteiger partial charge in [-0.25, -0.2) is 4.79 Å². The Hall–Kier alpha value is -0.700. The number of nitroso groups, excluding NO2 is 1. The molecule has 1 atom stereocenters. The number of nitrogens with two attached hydrogens (primary N) is 1. The highest BCUT2D eigenvalue weighted by Crippen LogP contribution is 2.39. The molecule has 1 heterocycles.